The van der Waals surface area contributed by atoms with Crippen molar-refractivity contribution in [2.24, 2.45) is 0 Å². The zero-order valence-electron chi connectivity index (χ0n) is 13.6. The van der Waals surface area contributed by atoms with Crippen molar-refractivity contribution in [3.05, 3.63) is 65.2 Å². The maximum Gasteiger partial charge on any atom is 0.266 e. The van der Waals surface area contributed by atoms with Crippen LogP contribution < -0.4 is 10.2 Å². The van der Waals surface area contributed by atoms with Crippen molar-refractivity contribution in [1.82, 2.24) is 5.32 Å². The first-order valence-electron chi connectivity index (χ1n) is 7.91. The highest BCUT2D eigenvalue weighted by Gasteiger charge is 2.36. The third kappa shape index (κ3) is 2.69. The Morgan fingerprint density at radius 3 is 2.04 bits per heavy atom. The second-order valence-electron chi connectivity index (χ2n) is 5.82. The summed E-state index contributed by atoms with van der Waals surface area (Å²) in [5.41, 5.74) is 1.76. The van der Waals surface area contributed by atoms with E-state index in [2.05, 4.69) is 5.32 Å². The van der Waals surface area contributed by atoms with Crippen molar-refractivity contribution in [1.29, 1.82) is 0 Å². The Labute approximate surface area is 140 Å². The monoisotopic (exact) mass is 322 g/mol. The molecule has 5 heteroatoms. The zero-order valence-corrected chi connectivity index (χ0v) is 13.6. The summed E-state index contributed by atoms with van der Waals surface area (Å²) in [7, 11) is 0. The molecule has 122 valence electrons. The molecule has 1 aliphatic heterocycles. The van der Waals surface area contributed by atoms with Crippen LogP contribution in [0.4, 0.5) is 5.69 Å². The van der Waals surface area contributed by atoms with E-state index in [9.17, 15) is 14.4 Å². The van der Waals surface area contributed by atoms with Gasteiger partial charge in [0.1, 0.15) is 0 Å². The largest absolute Gasteiger partial charge is 0.350 e. The first-order chi connectivity index (χ1) is 11.5. The number of hydrogen-bond acceptors (Lipinski definition) is 3. The highest BCUT2D eigenvalue weighted by atomic mass is 16.2. The molecule has 3 amide bonds. The number of fused-ring (bicyclic) bond motifs is 1. The van der Waals surface area contributed by atoms with Gasteiger partial charge in [-0.1, -0.05) is 19.1 Å². The number of carbonyl (C=O) groups excluding carboxylic acids is 3. The number of nitrogens with zero attached hydrogens (tertiary/aromatic N) is 1. The lowest BCUT2D eigenvalue weighted by Gasteiger charge is -2.15. The molecule has 2 aromatic carbocycles. The Hall–Kier alpha value is -2.95. The van der Waals surface area contributed by atoms with E-state index < -0.39 is 0 Å². The number of imide groups is 1. The molecule has 0 bridgehead atoms. The van der Waals surface area contributed by atoms with Crippen molar-refractivity contribution >= 4 is 23.4 Å². The minimum atomic E-state index is -0.340. The molecule has 0 unspecified atom stereocenters. The molecule has 3 rings (SSSR count). The minimum absolute atomic E-state index is 0.0911. The molecule has 0 spiro atoms. The number of hydrogen-bond donors (Lipinski definition) is 1. The molecule has 2 aromatic rings. The number of amides is 3. The third-order valence-corrected chi connectivity index (χ3v) is 4.17. The van der Waals surface area contributed by atoms with Gasteiger partial charge in [-0.15, -0.1) is 0 Å². The molecule has 24 heavy (non-hydrogen) atoms. The topological polar surface area (TPSA) is 66.5 Å². The molecule has 0 fully saturated rings. The zero-order chi connectivity index (χ0) is 17.3. The van der Waals surface area contributed by atoms with Gasteiger partial charge in [0, 0.05) is 11.6 Å². The SMILES string of the molecule is CC[C@@H](C)NC(=O)c1ccc(N2C(=O)c3ccccc3C2=O)cc1. The van der Waals surface area contributed by atoms with Crippen LogP contribution in [0.1, 0.15) is 51.3 Å². The minimum Gasteiger partial charge on any atom is -0.350 e. The first kappa shape index (κ1) is 15.9. The quantitative estimate of drug-likeness (QED) is 0.880. The molecule has 0 aromatic heterocycles. The van der Waals surface area contributed by atoms with Crippen LogP contribution in [0.5, 0.6) is 0 Å². The van der Waals surface area contributed by atoms with Crippen LogP contribution in [-0.4, -0.2) is 23.8 Å². The summed E-state index contributed by atoms with van der Waals surface area (Å²) in [6.07, 6.45) is 0.846. The fourth-order valence-corrected chi connectivity index (χ4v) is 2.59. The molecule has 1 heterocycles. The summed E-state index contributed by atoms with van der Waals surface area (Å²) in [5.74, 6) is -0.849. The fraction of sp³-hybridized carbons (Fsp3) is 0.211. The number of nitrogens with one attached hydrogen (secondary N) is 1. The Kier molecular flexibility index (Phi) is 4.16. The predicted molar refractivity (Wildman–Crippen MR) is 91.2 cm³/mol. The van der Waals surface area contributed by atoms with Crippen LogP contribution in [0.15, 0.2) is 48.5 Å². The van der Waals surface area contributed by atoms with Crippen molar-refractivity contribution in [2.45, 2.75) is 26.3 Å². The maximum absolute atomic E-state index is 12.4. The molecular weight excluding hydrogens is 304 g/mol. The first-order valence-corrected chi connectivity index (χ1v) is 7.91. The van der Waals surface area contributed by atoms with Gasteiger partial charge >= 0.3 is 0 Å². The average Bonchev–Trinajstić information content (AvgIpc) is 2.86. The highest BCUT2D eigenvalue weighted by Crippen LogP contribution is 2.28. The summed E-state index contributed by atoms with van der Waals surface area (Å²) in [6, 6.07) is 13.3. The Morgan fingerprint density at radius 1 is 1.00 bits per heavy atom. The third-order valence-electron chi connectivity index (χ3n) is 4.17. The number of benzene rings is 2. The van der Waals surface area contributed by atoms with E-state index in [0.717, 1.165) is 11.3 Å². The molecular formula is C19H18N2O3. The fourth-order valence-electron chi connectivity index (χ4n) is 2.59. The summed E-state index contributed by atoms with van der Waals surface area (Å²) < 4.78 is 0. The summed E-state index contributed by atoms with van der Waals surface area (Å²) >= 11 is 0. The van der Waals surface area contributed by atoms with Gasteiger partial charge in [-0.3, -0.25) is 14.4 Å². The Morgan fingerprint density at radius 2 is 1.54 bits per heavy atom. The van der Waals surface area contributed by atoms with Crippen molar-refractivity contribution in [2.75, 3.05) is 4.90 Å². The smallest absolute Gasteiger partial charge is 0.266 e. The number of anilines is 1. The molecule has 1 N–H and O–H groups in total. The second kappa shape index (κ2) is 6.28. The van der Waals surface area contributed by atoms with E-state index >= 15 is 0 Å². The summed E-state index contributed by atoms with van der Waals surface area (Å²) in [6.45, 7) is 3.93. The molecule has 0 aliphatic carbocycles. The van der Waals surface area contributed by atoms with Gasteiger partial charge in [0.05, 0.1) is 16.8 Å². The van der Waals surface area contributed by atoms with Gasteiger partial charge in [0.15, 0.2) is 0 Å². The van der Waals surface area contributed by atoms with Crippen molar-refractivity contribution in [3.8, 4) is 0 Å². The van der Waals surface area contributed by atoms with Gasteiger partial charge in [0.25, 0.3) is 17.7 Å². The predicted octanol–water partition coefficient (Wildman–Crippen LogP) is 3.02. The van der Waals surface area contributed by atoms with Crippen molar-refractivity contribution in [3.63, 3.8) is 0 Å². The van der Waals surface area contributed by atoms with Gasteiger partial charge < -0.3 is 5.32 Å². The van der Waals surface area contributed by atoms with E-state index in [0.29, 0.717) is 22.4 Å². The van der Waals surface area contributed by atoms with Crippen LogP contribution in [0.3, 0.4) is 0 Å². The lowest BCUT2D eigenvalue weighted by molar-refractivity contribution is 0.0921. The highest BCUT2D eigenvalue weighted by molar-refractivity contribution is 6.34. The van der Waals surface area contributed by atoms with Crippen LogP contribution >= 0.6 is 0 Å². The van der Waals surface area contributed by atoms with Crippen LogP contribution in [-0.2, 0) is 0 Å². The van der Waals surface area contributed by atoms with Crippen LogP contribution in [0.2, 0.25) is 0 Å². The maximum atomic E-state index is 12.4. The van der Waals surface area contributed by atoms with Gasteiger partial charge in [0.2, 0.25) is 0 Å². The molecule has 5 nitrogen and oxygen atoms in total. The van der Waals surface area contributed by atoms with E-state index in [-0.39, 0.29) is 23.8 Å². The molecule has 0 saturated carbocycles. The van der Waals surface area contributed by atoms with Crippen LogP contribution in [0, 0.1) is 0 Å². The lowest BCUT2D eigenvalue weighted by atomic mass is 10.1. The molecule has 0 saturated heterocycles. The van der Waals surface area contributed by atoms with Crippen molar-refractivity contribution < 1.29 is 14.4 Å². The summed E-state index contributed by atoms with van der Waals surface area (Å²) in [5, 5.41) is 2.88. The van der Waals surface area contributed by atoms with Crippen LogP contribution in [0.25, 0.3) is 0 Å². The molecule has 1 aliphatic rings. The van der Waals surface area contributed by atoms with Gasteiger partial charge in [-0.25, -0.2) is 4.90 Å². The number of carbonyl (C=O) groups is 3. The van der Waals surface area contributed by atoms with E-state index in [1.54, 1.807) is 48.5 Å². The summed E-state index contributed by atoms with van der Waals surface area (Å²) in [4.78, 5) is 38.1. The average molecular weight is 322 g/mol. The number of rotatable bonds is 4. The van der Waals surface area contributed by atoms with E-state index in [1.165, 1.54) is 0 Å². The van der Waals surface area contributed by atoms with E-state index in [1.807, 2.05) is 13.8 Å². The second-order valence-corrected chi connectivity index (χ2v) is 5.82. The molecule has 0 radical (unpaired) electrons. The Balaban J connectivity index is 1.84. The normalized spacial score (nSPS) is 14.5. The van der Waals surface area contributed by atoms with Gasteiger partial charge in [-0.05, 0) is 49.7 Å². The lowest BCUT2D eigenvalue weighted by Crippen LogP contribution is -2.32. The van der Waals surface area contributed by atoms with Gasteiger partial charge in [-0.2, -0.15) is 0 Å². The molecule has 1 atom stereocenters. The standard InChI is InChI=1S/C19H18N2O3/c1-3-12(2)20-17(22)13-8-10-14(11-9-13)21-18(23)15-6-4-5-7-16(15)19(21)24/h4-12H,3H2,1-2H3,(H,20,22)/t12-/m1/s1. The Bertz CT molecular complexity index is 777. The van der Waals surface area contributed by atoms with E-state index in [4.69, 9.17) is 0 Å².